The fourth-order valence-corrected chi connectivity index (χ4v) is 5.31. The average molecular weight is 495 g/mol. The number of fused-ring (bicyclic) bond motifs is 1. The van der Waals surface area contributed by atoms with E-state index < -0.39 is 0 Å². The molecule has 6 nitrogen and oxygen atoms in total. The lowest BCUT2D eigenvalue weighted by atomic mass is 9.92. The van der Waals surface area contributed by atoms with Crippen LogP contribution in [0.25, 0.3) is 22.0 Å². The van der Waals surface area contributed by atoms with Gasteiger partial charge >= 0.3 is 0 Å². The molecule has 1 saturated carbocycles. The summed E-state index contributed by atoms with van der Waals surface area (Å²) >= 11 is 0. The van der Waals surface area contributed by atoms with Crippen LogP contribution in [0.5, 0.6) is 0 Å². The molecule has 0 unspecified atom stereocenters. The van der Waals surface area contributed by atoms with Gasteiger partial charge in [-0.1, -0.05) is 55.3 Å². The quantitative estimate of drug-likeness (QED) is 0.274. The number of aromatic nitrogens is 1. The zero-order valence-corrected chi connectivity index (χ0v) is 21.5. The molecular formula is C31H34N4O2. The number of nitrogens with two attached hydrogens (primary N) is 1. The van der Waals surface area contributed by atoms with E-state index in [9.17, 15) is 4.79 Å². The van der Waals surface area contributed by atoms with E-state index in [2.05, 4.69) is 29.4 Å². The number of nitrogen functional groups attached to an aromatic ring is 1. The van der Waals surface area contributed by atoms with Gasteiger partial charge in [0.25, 0.3) is 5.91 Å². The Hall–Kier alpha value is -3.90. The Morgan fingerprint density at radius 1 is 1.05 bits per heavy atom. The fraction of sp³-hybridized carbons (Fsp3) is 0.290. The Balaban J connectivity index is 1.46. The third-order valence-electron chi connectivity index (χ3n) is 7.35. The topological polar surface area (TPSA) is 80.5 Å². The van der Waals surface area contributed by atoms with E-state index in [0.29, 0.717) is 29.5 Å². The lowest BCUT2D eigenvalue weighted by molar-refractivity contribution is 0.102. The maximum Gasteiger partial charge on any atom is 0.257 e. The molecule has 0 radical (unpaired) electrons. The number of methoxy groups -OCH3 is 1. The summed E-state index contributed by atoms with van der Waals surface area (Å²) in [7, 11) is 3.83. The van der Waals surface area contributed by atoms with Crippen molar-refractivity contribution in [3.05, 3.63) is 84.1 Å². The van der Waals surface area contributed by atoms with Crippen molar-refractivity contribution in [3.8, 4) is 11.1 Å². The maximum atomic E-state index is 13.3. The molecule has 190 valence electrons. The highest BCUT2D eigenvalue weighted by atomic mass is 16.5. The smallest absolute Gasteiger partial charge is 0.257 e. The molecule has 0 bridgehead atoms. The van der Waals surface area contributed by atoms with Crippen LogP contribution in [0.4, 0.5) is 17.1 Å². The predicted molar refractivity (Wildman–Crippen MR) is 152 cm³/mol. The number of ether oxygens (including phenoxy) is 1. The number of hydrogen-bond acceptors (Lipinski definition) is 5. The number of carbonyl (C=O) groups is 1. The van der Waals surface area contributed by atoms with Crippen molar-refractivity contribution in [2.24, 2.45) is 0 Å². The first kappa shape index (κ1) is 24.8. The molecule has 1 heterocycles. The normalized spacial score (nSPS) is 13.7. The molecule has 1 amide bonds. The van der Waals surface area contributed by atoms with Crippen molar-refractivity contribution < 1.29 is 9.53 Å². The van der Waals surface area contributed by atoms with E-state index in [4.69, 9.17) is 15.5 Å². The number of benzene rings is 3. The summed E-state index contributed by atoms with van der Waals surface area (Å²) in [6.07, 6.45) is 6.52. The molecule has 4 aromatic rings. The monoisotopic (exact) mass is 494 g/mol. The molecule has 5 rings (SSSR count). The van der Waals surface area contributed by atoms with Gasteiger partial charge < -0.3 is 20.7 Å². The fourth-order valence-electron chi connectivity index (χ4n) is 5.31. The lowest BCUT2D eigenvalue weighted by Gasteiger charge is -2.26. The van der Waals surface area contributed by atoms with Crippen LogP contribution in [0, 0.1) is 0 Å². The molecule has 1 aromatic heterocycles. The van der Waals surface area contributed by atoms with Crippen LogP contribution in [0.2, 0.25) is 0 Å². The largest absolute Gasteiger partial charge is 0.397 e. The highest BCUT2D eigenvalue weighted by molar-refractivity contribution is 6.07. The molecule has 0 aliphatic heterocycles. The Kier molecular flexibility index (Phi) is 7.37. The van der Waals surface area contributed by atoms with Crippen molar-refractivity contribution in [1.29, 1.82) is 0 Å². The van der Waals surface area contributed by atoms with E-state index in [0.717, 1.165) is 28.6 Å². The van der Waals surface area contributed by atoms with E-state index in [1.807, 2.05) is 54.6 Å². The Morgan fingerprint density at radius 3 is 2.59 bits per heavy atom. The number of likely N-dealkylation sites (N-methyl/N-ethyl adjacent to an activating group) is 1. The maximum absolute atomic E-state index is 13.3. The Morgan fingerprint density at radius 2 is 1.84 bits per heavy atom. The zero-order valence-electron chi connectivity index (χ0n) is 21.5. The molecule has 6 heteroatoms. The molecule has 3 aromatic carbocycles. The molecule has 1 aliphatic carbocycles. The van der Waals surface area contributed by atoms with Gasteiger partial charge in [0.1, 0.15) is 0 Å². The summed E-state index contributed by atoms with van der Waals surface area (Å²) in [5.41, 5.74) is 13.4. The van der Waals surface area contributed by atoms with Gasteiger partial charge in [0.2, 0.25) is 0 Å². The van der Waals surface area contributed by atoms with Gasteiger partial charge in [-0.25, -0.2) is 0 Å². The standard InChI is InChI=1S/C31H34N4O2/c1-35(16-17-37-2)28-15-13-24-18-25(20-33-30(24)29(28)22-10-6-7-11-22)31(36)34-27-19-23(12-14-26(27)32)21-8-4-3-5-9-21/h3-5,8-9,12-15,18-20,22H,6-7,10-11,16-17,32H2,1-2H3,(H,34,36). The molecule has 1 aliphatic rings. The van der Waals surface area contributed by atoms with Crippen LogP contribution in [0.1, 0.15) is 47.5 Å². The first-order valence-electron chi connectivity index (χ1n) is 12.9. The van der Waals surface area contributed by atoms with Gasteiger partial charge in [-0.15, -0.1) is 0 Å². The number of anilines is 3. The molecule has 0 saturated heterocycles. The number of carbonyl (C=O) groups excluding carboxylic acids is 1. The molecular weight excluding hydrogens is 460 g/mol. The van der Waals surface area contributed by atoms with Gasteiger partial charge in [0.15, 0.2) is 0 Å². The van der Waals surface area contributed by atoms with E-state index in [1.54, 1.807) is 13.3 Å². The van der Waals surface area contributed by atoms with Crippen LogP contribution in [0.3, 0.4) is 0 Å². The minimum atomic E-state index is -0.227. The third-order valence-corrected chi connectivity index (χ3v) is 7.35. The van der Waals surface area contributed by atoms with E-state index in [1.165, 1.54) is 36.9 Å². The van der Waals surface area contributed by atoms with Gasteiger partial charge in [-0.3, -0.25) is 9.78 Å². The second kappa shape index (κ2) is 11.0. The lowest BCUT2D eigenvalue weighted by Crippen LogP contribution is -2.24. The number of amides is 1. The minimum Gasteiger partial charge on any atom is -0.397 e. The number of rotatable bonds is 8. The summed E-state index contributed by atoms with van der Waals surface area (Å²) in [5.74, 6) is 0.256. The average Bonchev–Trinajstić information content (AvgIpc) is 3.47. The highest BCUT2D eigenvalue weighted by Crippen LogP contribution is 2.42. The van der Waals surface area contributed by atoms with Crippen LogP contribution >= 0.6 is 0 Å². The van der Waals surface area contributed by atoms with Crippen LogP contribution in [0.15, 0.2) is 72.9 Å². The van der Waals surface area contributed by atoms with Crippen LogP contribution < -0.4 is 16.0 Å². The van der Waals surface area contributed by atoms with Crippen molar-refractivity contribution in [3.63, 3.8) is 0 Å². The summed E-state index contributed by atoms with van der Waals surface area (Å²) in [6.45, 7) is 1.48. The molecule has 37 heavy (non-hydrogen) atoms. The first-order valence-corrected chi connectivity index (χ1v) is 12.9. The van der Waals surface area contributed by atoms with Gasteiger partial charge in [-0.2, -0.15) is 0 Å². The van der Waals surface area contributed by atoms with Crippen molar-refractivity contribution in [2.45, 2.75) is 31.6 Å². The Labute approximate surface area is 218 Å². The number of hydrogen-bond donors (Lipinski definition) is 2. The summed E-state index contributed by atoms with van der Waals surface area (Å²) in [6, 6.07) is 21.9. The predicted octanol–water partition coefficient (Wildman–Crippen LogP) is 6.48. The first-order chi connectivity index (χ1) is 18.0. The second-order valence-electron chi connectivity index (χ2n) is 9.81. The Bertz CT molecular complexity index is 1400. The van der Waals surface area contributed by atoms with E-state index >= 15 is 0 Å². The van der Waals surface area contributed by atoms with Crippen LogP contribution in [-0.2, 0) is 4.74 Å². The second-order valence-corrected chi connectivity index (χ2v) is 9.81. The summed E-state index contributed by atoms with van der Waals surface area (Å²) < 4.78 is 5.31. The van der Waals surface area contributed by atoms with Crippen LogP contribution in [-0.4, -0.2) is 38.2 Å². The van der Waals surface area contributed by atoms with Crippen molar-refractivity contribution in [1.82, 2.24) is 4.98 Å². The molecule has 0 atom stereocenters. The molecule has 3 N–H and O–H groups in total. The number of nitrogens with zero attached hydrogens (tertiary/aromatic N) is 2. The SMILES string of the molecule is COCCN(C)c1ccc2cc(C(=O)Nc3cc(-c4ccccc4)ccc3N)cnc2c1C1CCCC1. The third kappa shape index (κ3) is 5.30. The number of nitrogens with one attached hydrogen (secondary N) is 1. The zero-order chi connectivity index (χ0) is 25.8. The van der Waals surface area contributed by atoms with Crippen molar-refractivity contribution >= 4 is 33.9 Å². The summed E-state index contributed by atoms with van der Waals surface area (Å²) in [4.78, 5) is 20.4. The molecule has 1 fully saturated rings. The summed E-state index contributed by atoms with van der Waals surface area (Å²) in [5, 5.41) is 3.97. The van der Waals surface area contributed by atoms with Crippen molar-refractivity contribution in [2.75, 3.05) is 43.3 Å². The minimum absolute atomic E-state index is 0.227. The highest BCUT2D eigenvalue weighted by Gasteiger charge is 2.25. The van der Waals surface area contributed by atoms with E-state index in [-0.39, 0.29) is 5.91 Å². The molecule has 0 spiro atoms. The number of pyridine rings is 1. The van der Waals surface area contributed by atoms with Gasteiger partial charge in [0.05, 0.1) is 29.1 Å². The van der Waals surface area contributed by atoms with Gasteiger partial charge in [-0.05, 0) is 54.2 Å². The van der Waals surface area contributed by atoms with Gasteiger partial charge in [0, 0.05) is 43.5 Å².